The fraction of sp³-hybridized carbons (Fsp3) is 0.294. The Labute approximate surface area is 132 Å². The van der Waals surface area contributed by atoms with Crippen LogP contribution in [0.3, 0.4) is 0 Å². The van der Waals surface area contributed by atoms with E-state index in [2.05, 4.69) is 40.3 Å². The van der Waals surface area contributed by atoms with Crippen LogP contribution in [0.4, 0.5) is 8.78 Å². The van der Waals surface area contributed by atoms with Gasteiger partial charge in [0.05, 0.1) is 0 Å². The lowest BCUT2D eigenvalue weighted by Crippen LogP contribution is -2.30. The maximum absolute atomic E-state index is 13.3. The third-order valence-electron chi connectivity index (χ3n) is 3.43. The zero-order valence-corrected chi connectivity index (χ0v) is 13.6. The molecule has 0 heterocycles. The number of halogens is 3. The minimum absolute atomic E-state index is 0.0365. The van der Waals surface area contributed by atoms with E-state index >= 15 is 0 Å². The number of benzene rings is 2. The third-order valence-corrected chi connectivity index (χ3v) is 3.96. The van der Waals surface area contributed by atoms with Crippen molar-refractivity contribution in [3.05, 3.63) is 69.7 Å². The Balaban J connectivity index is 1.96. The summed E-state index contributed by atoms with van der Waals surface area (Å²) in [4.78, 5) is 0. The second-order valence-electron chi connectivity index (χ2n) is 5.29. The lowest BCUT2D eigenvalue weighted by Gasteiger charge is -2.20. The van der Waals surface area contributed by atoms with E-state index in [1.807, 2.05) is 19.1 Å². The first-order valence-electron chi connectivity index (χ1n) is 6.91. The second kappa shape index (κ2) is 7.14. The molecule has 1 N–H and O–H groups in total. The van der Waals surface area contributed by atoms with Gasteiger partial charge in [-0.1, -0.05) is 34.1 Å². The fourth-order valence-corrected chi connectivity index (χ4v) is 2.60. The highest BCUT2D eigenvalue weighted by atomic mass is 79.9. The second-order valence-corrected chi connectivity index (χ2v) is 6.21. The van der Waals surface area contributed by atoms with Crippen LogP contribution in [-0.4, -0.2) is 6.04 Å². The molecule has 21 heavy (non-hydrogen) atoms. The van der Waals surface area contributed by atoms with Gasteiger partial charge in [0.1, 0.15) is 0 Å². The zero-order valence-electron chi connectivity index (χ0n) is 12.0. The van der Waals surface area contributed by atoms with Crippen molar-refractivity contribution in [2.24, 2.45) is 0 Å². The van der Waals surface area contributed by atoms with Crippen molar-refractivity contribution in [3.8, 4) is 0 Å². The highest BCUT2D eigenvalue weighted by molar-refractivity contribution is 9.10. The van der Waals surface area contributed by atoms with Crippen LogP contribution < -0.4 is 5.32 Å². The summed E-state index contributed by atoms with van der Waals surface area (Å²) in [5, 5.41) is 3.41. The van der Waals surface area contributed by atoms with Crippen molar-refractivity contribution in [2.75, 3.05) is 0 Å². The van der Waals surface area contributed by atoms with Gasteiger partial charge in [0.25, 0.3) is 0 Å². The summed E-state index contributed by atoms with van der Waals surface area (Å²) in [6, 6.07) is 12.4. The average molecular weight is 354 g/mol. The molecule has 0 aliphatic carbocycles. The summed E-state index contributed by atoms with van der Waals surface area (Å²) in [5.41, 5.74) is 1.98. The minimum Gasteiger partial charge on any atom is -0.307 e. The third kappa shape index (κ3) is 4.61. The lowest BCUT2D eigenvalue weighted by molar-refractivity contribution is 0.468. The first-order valence-corrected chi connectivity index (χ1v) is 7.70. The van der Waals surface area contributed by atoms with E-state index in [1.165, 1.54) is 17.7 Å². The Morgan fingerprint density at radius 3 is 2.29 bits per heavy atom. The summed E-state index contributed by atoms with van der Waals surface area (Å²) in [6.45, 7) is 4.03. The van der Waals surface area contributed by atoms with Crippen LogP contribution in [0, 0.1) is 11.6 Å². The molecule has 1 nitrogen and oxygen atoms in total. The Hall–Kier alpha value is -1.26. The molecular weight excluding hydrogens is 336 g/mol. The van der Waals surface area contributed by atoms with Crippen LogP contribution in [0.1, 0.15) is 31.0 Å². The van der Waals surface area contributed by atoms with Gasteiger partial charge in [-0.3, -0.25) is 0 Å². The molecule has 0 saturated heterocycles. The Morgan fingerprint density at radius 1 is 1.00 bits per heavy atom. The van der Waals surface area contributed by atoms with Gasteiger partial charge in [0.2, 0.25) is 0 Å². The molecule has 0 saturated carbocycles. The predicted molar refractivity (Wildman–Crippen MR) is 85.2 cm³/mol. The topological polar surface area (TPSA) is 12.0 Å². The summed E-state index contributed by atoms with van der Waals surface area (Å²) in [6.07, 6.45) is 0.876. The van der Waals surface area contributed by atoms with Gasteiger partial charge >= 0.3 is 0 Å². The van der Waals surface area contributed by atoms with Gasteiger partial charge in [0.15, 0.2) is 11.6 Å². The van der Waals surface area contributed by atoms with Crippen LogP contribution in [0.2, 0.25) is 0 Å². The van der Waals surface area contributed by atoms with E-state index in [1.54, 1.807) is 6.07 Å². The molecule has 0 radical (unpaired) electrons. The zero-order chi connectivity index (χ0) is 15.4. The van der Waals surface area contributed by atoms with Gasteiger partial charge in [-0.05, 0) is 55.7 Å². The first-order chi connectivity index (χ1) is 9.95. The number of nitrogens with one attached hydrogen (secondary N) is 1. The monoisotopic (exact) mass is 353 g/mol. The van der Waals surface area contributed by atoms with E-state index in [0.29, 0.717) is 0 Å². The number of hydrogen-bond acceptors (Lipinski definition) is 1. The van der Waals surface area contributed by atoms with Crippen LogP contribution >= 0.6 is 15.9 Å². The van der Waals surface area contributed by atoms with E-state index in [9.17, 15) is 8.78 Å². The van der Waals surface area contributed by atoms with Crippen molar-refractivity contribution >= 4 is 15.9 Å². The molecule has 0 aliphatic heterocycles. The van der Waals surface area contributed by atoms with Gasteiger partial charge in [-0.2, -0.15) is 0 Å². The summed E-state index contributed by atoms with van der Waals surface area (Å²) < 4.78 is 27.3. The molecule has 2 unspecified atom stereocenters. The molecule has 0 aliphatic rings. The predicted octanol–water partition coefficient (Wildman–Crippen LogP) is 5.01. The van der Waals surface area contributed by atoms with E-state index in [-0.39, 0.29) is 12.1 Å². The normalized spacial score (nSPS) is 14.0. The van der Waals surface area contributed by atoms with Gasteiger partial charge < -0.3 is 5.32 Å². The first kappa shape index (κ1) is 16.1. The molecule has 0 amide bonds. The number of hydrogen-bond donors (Lipinski definition) is 1. The summed E-state index contributed by atoms with van der Waals surface area (Å²) >= 11 is 3.41. The highest BCUT2D eigenvalue weighted by Gasteiger charge is 2.12. The van der Waals surface area contributed by atoms with Crippen molar-refractivity contribution in [3.63, 3.8) is 0 Å². The number of rotatable bonds is 5. The molecular formula is C17H18BrF2N. The molecule has 4 heteroatoms. The van der Waals surface area contributed by atoms with Crippen LogP contribution in [0.25, 0.3) is 0 Å². The van der Waals surface area contributed by atoms with Gasteiger partial charge in [-0.25, -0.2) is 8.78 Å². The molecule has 2 rings (SSSR count). The maximum atomic E-state index is 13.3. The molecule has 0 spiro atoms. The summed E-state index contributed by atoms with van der Waals surface area (Å²) in [7, 11) is 0. The maximum Gasteiger partial charge on any atom is 0.159 e. The van der Waals surface area contributed by atoms with Crippen molar-refractivity contribution in [2.45, 2.75) is 32.4 Å². The average Bonchev–Trinajstić information content (AvgIpc) is 2.44. The molecule has 2 atom stereocenters. The van der Waals surface area contributed by atoms with Crippen LogP contribution in [0.5, 0.6) is 0 Å². The van der Waals surface area contributed by atoms with Crippen molar-refractivity contribution in [1.82, 2.24) is 5.32 Å². The minimum atomic E-state index is -0.811. The van der Waals surface area contributed by atoms with Gasteiger partial charge in [0, 0.05) is 16.6 Å². The van der Waals surface area contributed by atoms with Gasteiger partial charge in [-0.15, -0.1) is 0 Å². The van der Waals surface area contributed by atoms with Crippen LogP contribution in [-0.2, 0) is 6.42 Å². The largest absolute Gasteiger partial charge is 0.307 e. The Bertz CT molecular complexity index is 598. The quantitative estimate of drug-likeness (QED) is 0.796. The molecule has 112 valence electrons. The Kier molecular flexibility index (Phi) is 5.48. The molecule has 0 fully saturated rings. The summed E-state index contributed by atoms with van der Waals surface area (Å²) in [5.74, 6) is -1.62. The standard InChI is InChI=1S/C17H18BrF2N/c1-11(9-13-3-6-15(18)7-4-13)21-12(2)14-5-8-16(19)17(20)10-14/h3-8,10-12,21H,9H2,1-2H3. The fourth-order valence-electron chi connectivity index (χ4n) is 2.34. The van der Waals surface area contributed by atoms with Crippen LogP contribution in [0.15, 0.2) is 46.9 Å². The molecule has 0 bridgehead atoms. The molecule has 2 aromatic rings. The van der Waals surface area contributed by atoms with E-state index in [0.717, 1.165) is 16.5 Å². The van der Waals surface area contributed by atoms with E-state index < -0.39 is 11.6 Å². The molecule has 0 aromatic heterocycles. The SMILES string of the molecule is CC(Cc1ccc(Br)cc1)NC(C)c1ccc(F)c(F)c1. The Morgan fingerprint density at radius 2 is 1.67 bits per heavy atom. The van der Waals surface area contributed by atoms with Crippen molar-refractivity contribution < 1.29 is 8.78 Å². The smallest absolute Gasteiger partial charge is 0.159 e. The highest BCUT2D eigenvalue weighted by Crippen LogP contribution is 2.18. The molecule has 2 aromatic carbocycles. The lowest BCUT2D eigenvalue weighted by atomic mass is 10.0. The van der Waals surface area contributed by atoms with E-state index in [4.69, 9.17) is 0 Å². The van der Waals surface area contributed by atoms with Crippen molar-refractivity contribution in [1.29, 1.82) is 0 Å².